The van der Waals surface area contributed by atoms with Crippen molar-refractivity contribution in [2.45, 2.75) is 6.42 Å². The van der Waals surface area contributed by atoms with Crippen LogP contribution in [0, 0.1) is 5.92 Å². The molecule has 1 aliphatic heterocycles. The fourth-order valence-electron chi connectivity index (χ4n) is 2.00. The fourth-order valence-corrected chi connectivity index (χ4v) is 2.26. The molecule has 1 aromatic rings. The Labute approximate surface area is 110 Å². The third-order valence-corrected chi connectivity index (χ3v) is 3.36. The highest BCUT2D eigenvalue weighted by Gasteiger charge is 2.30. The zero-order valence-electron chi connectivity index (χ0n) is 10.0. The Morgan fingerprint density at radius 3 is 2.89 bits per heavy atom. The van der Waals surface area contributed by atoms with Gasteiger partial charge in [0, 0.05) is 25.1 Å². The molecular weight excluding hydrogens is 254 g/mol. The normalized spacial score (nSPS) is 19.7. The Morgan fingerprint density at radius 1 is 1.50 bits per heavy atom. The van der Waals surface area contributed by atoms with E-state index in [1.54, 1.807) is 18.2 Å². The summed E-state index contributed by atoms with van der Waals surface area (Å²) in [7, 11) is 1.53. The maximum atomic E-state index is 12.2. The first-order valence-corrected chi connectivity index (χ1v) is 6.12. The summed E-state index contributed by atoms with van der Waals surface area (Å²) < 4.78 is 5.02. The lowest BCUT2D eigenvalue weighted by atomic mass is 9.90. The van der Waals surface area contributed by atoms with E-state index in [9.17, 15) is 9.59 Å². The molecule has 1 saturated heterocycles. The average molecular weight is 268 g/mol. The number of rotatable bonds is 3. The molecule has 1 fully saturated rings. The first kappa shape index (κ1) is 13.1. The lowest BCUT2D eigenvalue weighted by Crippen LogP contribution is -2.41. The molecular formula is C13H14ClNO3. The minimum Gasteiger partial charge on any atom is -0.497 e. The molecule has 5 heteroatoms. The number of benzene rings is 1. The molecule has 1 aliphatic rings. The van der Waals surface area contributed by atoms with Crippen LogP contribution in [0.3, 0.4) is 0 Å². The summed E-state index contributed by atoms with van der Waals surface area (Å²) in [5, 5.41) is 3.37. The van der Waals surface area contributed by atoms with E-state index in [1.807, 2.05) is 0 Å². The number of halogens is 1. The molecule has 0 amide bonds. The highest BCUT2D eigenvalue weighted by Crippen LogP contribution is 2.25. The number of nitrogens with one attached hydrogen (secondary N) is 1. The number of carbonyl (C=O) groups excluding carboxylic acids is 2. The predicted molar refractivity (Wildman–Crippen MR) is 68.3 cm³/mol. The van der Waals surface area contributed by atoms with Crippen LogP contribution in [-0.4, -0.2) is 31.8 Å². The number of ketones is 2. The van der Waals surface area contributed by atoms with Crippen LogP contribution in [0.25, 0.3) is 0 Å². The summed E-state index contributed by atoms with van der Waals surface area (Å²) in [4.78, 5) is 24.0. The number of ether oxygens (including phenoxy) is 1. The van der Waals surface area contributed by atoms with Gasteiger partial charge < -0.3 is 10.1 Å². The van der Waals surface area contributed by atoms with Crippen molar-refractivity contribution in [2.75, 3.05) is 20.2 Å². The van der Waals surface area contributed by atoms with E-state index >= 15 is 0 Å². The third-order valence-electron chi connectivity index (χ3n) is 3.04. The molecule has 1 aromatic carbocycles. The van der Waals surface area contributed by atoms with Gasteiger partial charge in [-0.05, 0) is 18.2 Å². The standard InChI is InChI=1S/C13H14ClNO3/c1-18-8-2-3-9(11(14)6-8)13(17)10-7-15-5-4-12(10)16/h2-3,6,10,15H,4-5,7H2,1H3. The maximum absolute atomic E-state index is 12.2. The number of piperidine rings is 1. The minimum atomic E-state index is -0.621. The van der Waals surface area contributed by atoms with E-state index in [2.05, 4.69) is 5.32 Å². The number of hydrogen-bond donors (Lipinski definition) is 1. The molecule has 0 spiro atoms. The van der Waals surface area contributed by atoms with E-state index in [1.165, 1.54) is 7.11 Å². The molecule has 0 aromatic heterocycles. The minimum absolute atomic E-state index is 0.0226. The van der Waals surface area contributed by atoms with Crippen molar-refractivity contribution in [3.8, 4) is 5.75 Å². The van der Waals surface area contributed by atoms with Gasteiger partial charge >= 0.3 is 0 Å². The van der Waals surface area contributed by atoms with Gasteiger partial charge in [-0.15, -0.1) is 0 Å². The van der Waals surface area contributed by atoms with Gasteiger partial charge in [0.2, 0.25) is 0 Å². The third kappa shape index (κ3) is 2.54. The molecule has 0 saturated carbocycles. The lowest BCUT2D eigenvalue weighted by molar-refractivity contribution is -0.122. The van der Waals surface area contributed by atoms with Gasteiger partial charge in [-0.3, -0.25) is 9.59 Å². The fraction of sp³-hybridized carbons (Fsp3) is 0.385. The Bertz CT molecular complexity index is 487. The molecule has 18 heavy (non-hydrogen) atoms. The maximum Gasteiger partial charge on any atom is 0.176 e. The van der Waals surface area contributed by atoms with Crippen molar-refractivity contribution >= 4 is 23.2 Å². The van der Waals surface area contributed by atoms with Gasteiger partial charge in [-0.2, -0.15) is 0 Å². The highest BCUT2D eigenvalue weighted by molar-refractivity contribution is 6.34. The van der Waals surface area contributed by atoms with Gasteiger partial charge in [0.25, 0.3) is 0 Å². The number of hydrogen-bond acceptors (Lipinski definition) is 4. The van der Waals surface area contributed by atoms with E-state index in [0.717, 1.165) is 0 Å². The van der Waals surface area contributed by atoms with Crippen molar-refractivity contribution in [2.24, 2.45) is 5.92 Å². The zero-order valence-corrected chi connectivity index (χ0v) is 10.8. The molecule has 0 aliphatic carbocycles. The Hall–Kier alpha value is -1.39. The highest BCUT2D eigenvalue weighted by atomic mass is 35.5. The van der Waals surface area contributed by atoms with Gasteiger partial charge in [0.1, 0.15) is 11.5 Å². The van der Waals surface area contributed by atoms with E-state index in [4.69, 9.17) is 16.3 Å². The van der Waals surface area contributed by atoms with Crippen LogP contribution in [0.2, 0.25) is 5.02 Å². The second-order valence-electron chi connectivity index (χ2n) is 4.18. The first-order chi connectivity index (χ1) is 8.63. The molecule has 0 bridgehead atoms. The molecule has 1 unspecified atom stereocenters. The van der Waals surface area contributed by atoms with Crippen molar-refractivity contribution in [3.63, 3.8) is 0 Å². The van der Waals surface area contributed by atoms with Crippen molar-refractivity contribution in [1.82, 2.24) is 5.32 Å². The second-order valence-corrected chi connectivity index (χ2v) is 4.59. The molecule has 4 nitrogen and oxygen atoms in total. The molecule has 0 radical (unpaired) electrons. The summed E-state index contributed by atoms with van der Waals surface area (Å²) in [6, 6.07) is 4.85. The van der Waals surface area contributed by atoms with Crippen molar-refractivity contribution in [1.29, 1.82) is 0 Å². The van der Waals surface area contributed by atoms with Crippen LogP contribution in [0.15, 0.2) is 18.2 Å². The molecule has 2 rings (SSSR count). The topological polar surface area (TPSA) is 55.4 Å². The summed E-state index contributed by atoms with van der Waals surface area (Å²) in [6.45, 7) is 1.03. The Kier molecular flexibility index (Phi) is 3.99. The largest absolute Gasteiger partial charge is 0.497 e. The monoisotopic (exact) mass is 267 g/mol. The SMILES string of the molecule is COc1ccc(C(=O)C2CNCCC2=O)c(Cl)c1. The Morgan fingerprint density at radius 2 is 2.28 bits per heavy atom. The lowest BCUT2D eigenvalue weighted by Gasteiger charge is -2.20. The average Bonchev–Trinajstić information content (AvgIpc) is 2.38. The van der Waals surface area contributed by atoms with E-state index in [-0.39, 0.29) is 11.6 Å². The number of Topliss-reactive ketones (excluding diaryl/α,β-unsaturated/α-hetero) is 2. The molecule has 1 N–H and O–H groups in total. The van der Waals surface area contributed by atoms with Crippen LogP contribution in [-0.2, 0) is 4.79 Å². The summed E-state index contributed by atoms with van der Waals surface area (Å²) >= 11 is 6.04. The van der Waals surface area contributed by atoms with Crippen LogP contribution >= 0.6 is 11.6 Å². The van der Waals surface area contributed by atoms with E-state index < -0.39 is 5.92 Å². The number of carbonyl (C=O) groups is 2. The quantitative estimate of drug-likeness (QED) is 0.669. The summed E-state index contributed by atoms with van der Waals surface area (Å²) in [5.41, 5.74) is 0.375. The van der Waals surface area contributed by atoms with Gasteiger partial charge in [0.15, 0.2) is 5.78 Å². The summed E-state index contributed by atoms with van der Waals surface area (Å²) in [6.07, 6.45) is 0.393. The van der Waals surface area contributed by atoms with Gasteiger partial charge in [0.05, 0.1) is 18.1 Å². The van der Waals surface area contributed by atoms with Gasteiger partial charge in [-0.1, -0.05) is 11.6 Å². The molecule has 96 valence electrons. The molecule has 1 heterocycles. The smallest absolute Gasteiger partial charge is 0.176 e. The van der Waals surface area contributed by atoms with Crippen molar-refractivity contribution in [3.05, 3.63) is 28.8 Å². The first-order valence-electron chi connectivity index (χ1n) is 5.74. The van der Waals surface area contributed by atoms with E-state index in [0.29, 0.717) is 35.8 Å². The van der Waals surface area contributed by atoms with Crippen LogP contribution in [0.4, 0.5) is 0 Å². The van der Waals surface area contributed by atoms with Crippen molar-refractivity contribution < 1.29 is 14.3 Å². The van der Waals surface area contributed by atoms with Gasteiger partial charge in [-0.25, -0.2) is 0 Å². The van der Waals surface area contributed by atoms with Crippen LogP contribution in [0.5, 0.6) is 5.75 Å². The summed E-state index contributed by atoms with van der Waals surface area (Å²) in [5.74, 6) is -0.278. The number of methoxy groups -OCH3 is 1. The second kappa shape index (κ2) is 5.50. The van der Waals surface area contributed by atoms with Crippen LogP contribution < -0.4 is 10.1 Å². The Balaban J connectivity index is 2.25. The zero-order chi connectivity index (χ0) is 13.1. The molecule has 1 atom stereocenters. The van der Waals surface area contributed by atoms with Crippen LogP contribution in [0.1, 0.15) is 16.8 Å². The predicted octanol–water partition coefficient (Wildman–Crippen LogP) is 1.71.